The SMILES string of the molecule is CC/C=C(/C[C@H](N)C(=O)O)C(=O)O. The van der Waals surface area contributed by atoms with Crippen LogP contribution in [0.5, 0.6) is 0 Å². The Morgan fingerprint density at radius 2 is 2.00 bits per heavy atom. The van der Waals surface area contributed by atoms with E-state index in [2.05, 4.69) is 0 Å². The molecule has 5 nitrogen and oxygen atoms in total. The van der Waals surface area contributed by atoms with Crippen LogP contribution in [-0.4, -0.2) is 28.2 Å². The molecule has 0 rings (SSSR count). The summed E-state index contributed by atoms with van der Waals surface area (Å²) in [6.45, 7) is 1.77. The lowest BCUT2D eigenvalue weighted by Crippen LogP contribution is -2.31. The largest absolute Gasteiger partial charge is 0.480 e. The molecule has 0 aliphatic heterocycles. The van der Waals surface area contributed by atoms with Crippen molar-refractivity contribution >= 4 is 11.9 Å². The van der Waals surface area contributed by atoms with Crippen LogP contribution in [-0.2, 0) is 9.59 Å². The van der Waals surface area contributed by atoms with E-state index in [9.17, 15) is 9.59 Å². The molecule has 0 unspecified atom stereocenters. The quantitative estimate of drug-likeness (QED) is 0.534. The van der Waals surface area contributed by atoms with Gasteiger partial charge >= 0.3 is 11.9 Å². The Morgan fingerprint density at radius 1 is 1.46 bits per heavy atom. The summed E-state index contributed by atoms with van der Waals surface area (Å²) in [5.74, 6) is -2.30. The second-order valence-corrected chi connectivity index (χ2v) is 2.59. The van der Waals surface area contributed by atoms with Gasteiger partial charge in [-0.05, 0) is 6.42 Å². The number of hydrogen-bond donors (Lipinski definition) is 3. The second kappa shape index (κ2) is 5.31. The number of allylic oxidation sites excluding steroid dienone is 1. The summed E-state index contributed by atoms with van der Waals surface area (Å²) in [5, 5.41) is 17.1. The van der Waals surface area contributed by atoms with Crippen LogP contribution in [0.2, 0.25) is 0 Å². The van der Waals surface area contributed by atoms with E-state index < -0.39 is 18.0 Å². The van der Waals surface area contributed by atoms with Crippen molar-refractivity contribution in [3.8, 4) is 0 Å². The molecular weight excluding hydrogens is 174 g/mol. The highest BCUT2D eigenvalue weighted by Gasteiger charge is 2.17. The van der Waals surface area contributed by atoms with E-state index in [1.54, 1.807) is 6.92 Å². The lowest BCUT2D eigenvalue weighted by molar-refractivity contribution is -0.138. The average Bonchev–Trinajstić information content (AvgIpc) is 2.03. The van der Waals surface area contributed by atoms with Crippen LogP contribution in [0.4, 0.5) is 0 Å². The summed E-state index contributed by atoms with van der Waals surface area (Å²) in [6.07, 6.45) is 1.87. The summed E-state index contributed by atoms with van der Waals surface area (Å²) in [4.78, 5) is 20.8. The highest BCUT2D eigenvalue weighted by atomic mass is 16.4. The third-order valence-corrected chi connectivity index (χ3v) is 1.48. The maximum Gasteiger partial charge on any atom is 0.331 e. The molecule has 0 saturated carbocycles. The van der Waals surface area contributed by atoms with Crippen molar-refractivity contribution in [1.29, 1.82) is 0 Å². The summed E-state index contributed by atoms with van der Waals surface area (Å²) < 4.78 is 0. The second-order valence-electron chi connectivity index (χ2n) is 2.59. The Labute approximate surface area is 75.9 Å². The fourth-order valence-corrected chi connectivity index (χ4v) is 0.829. The van der Waals surface area contributed by atoms with Gasteiger partial charge in [-0.25, -0.2) is 4.79 Å². The van der Waals surface area contributed by atoms with E-state index in [1.807, 2.05) is 0 Å². The van der Waals surface area contributed by atoms with Gasteiger partial charge in [-0.2, -0.15) is 0 Å². The molecular formula is C8H13NO4. The number of carboxylic acid groups (broad SMARTS) is 2. The first-order valence-corrected chi connectivity index (χ1v) is 3.89. The Hall–Kier alpha value is -1.36. The zero-order chi connectivity index (χ0) is 10.4. The van der Waals surface area contributed by atoms with Gasteiger partial charge in [0.15, 0.2) is 0 Å². The molecule has 0 bridgehead atoms. The maximum atomic E-state index is 10.5. The first-order chi connectivity index (χ1) is 5.99. The van der Waals surface area contributed by atoms with Crippen molar-refractivity contribution in [3.05, 3.63) is 11.6 Å². The summed E-state index contributed by atoms with van der Waals surface area (Å²) in [5.41, 5.74) is 5.23. The van der Waals surface area contributed by atoms with Crippen molar-refractivity contribution < 1.29 is 19.8 Å². The van der Waals surface area contributed by atoms with Crippen molar-refractivity contribution in [1.82, 2.24) is 0 Å². The van der Waals surface area contributed by atoms with Crippen molar-refractivity contribution in [2.45, 2.75) is 25.8 Å². The minimum Gasteiger partial charge on any atom is -0.480 e. The molecule has 13 heavy (non-hydrogen) atoms. The molecule has 0 aromatic carbocycles. The average molecular weight is 187 g/mol. The molecule has 0 spiro atoms. The number of nitrogens with two attached hydrogens (primary N) is 1. The Morgan fingerprint density at radius 3 is 2.31 bits per heavy atom. The monoisotopic (exact) mass is 187 g/mol. The number of carboxylic acids is 2. The van der Waals surface area contributed by atoms with Gasteiger partial charge in [0.25, 0.3) is 0 Å². The molecule has 0 aliphatic carbocycles. The smallest absolute Gasteiger partial charge is 0.331 e. The van der Waals surface area contributed by atoms with Crippen LogP contribution in [0.15, 0.2) is 11.6 Å². The standard InChI is InChI=1S/C8H13NO4/c1-2-3-5(7(10)11)4-6(9)8(12)13/h3,6H,2,4,9H2,1H3,(H,10,11)(H,12,13)/b5-3-/t6-/m0/s1. The van der Waals surface area contributed by atoms with Gasteiger partial charge in [0, 0.05) is 12.0 Å². The number of aliphatic carboxylic acids is 2. The fourth-order valence-electron chi connectivity index (χ4n) is 0.829. The zero-order valence-corrected chi connectivity index (χ0v) is 7.36. The molecule has 0 aliphatic rings. The van der Waals surface area contributed by atoms with Gasteiger partial charge in [-0.15, -0.1) is 0 Å². The molecule has 5 heteroatoms. The molecule has 0 saturated heterocycles. The van der Waals surface area contributed by atoms with Crippen molar-refractivity contribution in [3.63, 3.8) is 0 Å². The van der Waals surface area contributed by atoms with Gasteiger partial charge in [0.2, 0.25) is 0 Å². The molecule has 74 valence electrons. The van der Waals surface area contributed by atoms with E-state index >= 15 is 0 Å². The van der Waals surface area contributed by atoms with Crippen LogP contribution in [0.25, 0.3) is 0 Å². The molecule has 0 amide bonds. The van der Waals surface area contributed by atoms with E-state index in [0.29, 0.717) is 6.42 Å². The topological polar surface area (TPSA) is 101 Å². The van der Waals surface area contributed by atoms with Crippen LogP contribution >= 0.6 is 0 Å². The molecule has 4 N–H and O–H groups in total. The number of rotatable bonds is 5. The Balaban J connectivity index is 4.36. The molecule has 0 aromatic heterocycles. The molecule has 1 atom stereocenters. The van der Waals surface area contributed by atoms with E-state index in [0.717, 1.165) is 0 Å². The predicted molar refractivity (Wildman–Crippen MR) is 46.2 cm³/mol. The van der Waals surface area contributed by atoms with Crippen LogP contribution < -0.4 is 5.73 Å². The highest BCUT2D eigenvalue weighted by molar-refractivity contribution is 5.88. The minimum atomic E-state index is -1.19. The van der Waals surface area contributed by atoms with Crippen LogP contribution in [0.1, 0.15) is 19.8 Å². The molecule has 0 radical (unpaired) electrons. The maximum absolute atomic E-state index is 10.5. The Bertz CT molecular complexity index is 234. The summed E-state index contributed by atoms with van der Waals surface area (Å²) in [7, 11) is 0. The number of hydrogen-bond acceptors (Lipinski definition) is 3. The van der Waals surface area contributed by atoms with Gasteiger partial charge in [0.05, 0.1) is 0 Å². The molecule has 0 aromatic rings. The first-order valence-electron chi connectivity index (χ1n) is 3.89. The van der Waals surface area contributed by atoms with E-state index in [-0.39, 0.29) is 12.0 Å². The number of carbonyl (C=O) groups is 2. The predicted octanol–water partition coefficient (Wildman–Crippen LogP) is 0.209. The normalized spacial score (nSPS) is 13.8. The first kappa shape index (κ1) is 11.6. The van der Waals surface area contributed by atoms with Gasteiger partial charge in [-0.3, -0.25) is 4.79 Å². The van der Waals surface area contributed by atoms with Crippen molar-refractivity contribution in [2.75, 3.05) is 0 Å². The summed E-state index contributed by atoms with van der Waals surface area (Å²) in [6, 6.07) is -1.14. The minimum absolute atomic E-state index is 0.0531. The third-order valence-electron chi connectivity index (χ3n) is 1.48. The van der Waals surface area contributed by atoms with Gasteiger partial charge in [0.1, 0.15) is 6.04 Å². The van der Waals surface area contributed by atoms with Gasteiger partial charge < -0.3 is 15.9 Å². The van der Waals surface area contributed by atoms with Crippen LogP contribution in [0.3, 0.4) is 0 Å². The van der Waals surface area contributed by atoms with Crippen molar-refractivity contribution in [2.24, 2.45) is 5.73 Å². The zero-order valence-electron chi connectivity index (χ0n) is 7.36. The molecule has 0 heterocycles. The third kappa shape index (κ3) is 4.27. The lowest BCUT2D eigenvalue weighted by Gasteiger charge is -2.06. The molecule has 0 fully saturated rings. The van der Waals surface area contributed by atoms with Crippen LogP contribution in [0, 0.1) is 0 Å². The van der Waals surface area contributed by atoms with E-state index in [1.165, 1.54) is 6.08 Å². The highest BCUT2D eigenvalue weighted by Crippen LogP contribution is 2.05. The van der Waals surface area contributed by atoms with E-state index in [4.69, 9.17) is 15.9 Å². The van der Waals surface area contributed by atoms with Gasteiger partial charge in [-0.1, -0.05) is 13.0 Å². The lowest BCUT2D eigenvalue weighted by atomic mass is 10.1. The fraction of sp³-hybridized carbons (Fsp3) is 0.500. The summed E-state index contributed by atoms with van der Waals surface area (Å²) >= 11 is 0. The Kier molecular flexibility index (Phi) is 4.76.